The van der Waals surface area contributed by atoms with Gasteiger partial charge in [0.15, 0.2) is 11.5 Å². The van der Waals surface area contributed by atoms with Crippen molar-refractivity contribution in [1.82, 2.24) is 5.32 Å². The first-order valence-electron chi connectivity index (χ1n) is 10.1. The predicted molar refractivity (Wildman–Crippen MR) is 107 cm³/mol. The van der Waals surface area contributed by atoms with Crippen molar-refractivity contribution < 1.29 is 28.5 Å². The zero-order valence-corrected chi connectivity index (χ0v) is 17.5. The summed E-state index contributed by atoms with van der Waals surface area (Å²) in [6.45, 7) is 9.74. The van der Waals surface area contributed by atoms with Crippen molar-refractivity contribution in [2.75, 3.05) is 33.0 Å². The Morgan fingerprint density at radius 2 is 1.43 bits per heavy atom. The Morgan fingerprint density at radius 3 is 1.96 bits per heavy atom. The van der Waals surface area contributed by atoms with Crippen molar-refractivity contribution in [3.05, 3.63) is 17.7 Å². The van der Waals surface area contributed by atoms with Crippen molar-refractivity contribution in [2.24, 2.45) is 0 Å². The number of hydrogen-bond acceptors (Lipinski definition) is 6. The Morgan fingerprint density at radius 1 is 0.821 bits per heavy atom. The molecule has 0 spiro atoms. The molecule has 0 aromatic heterocycles. The number of unbranched alkanes of at least 4 members (excludes halogenated alkanes) is 2. The number of benzene rings is 1. The Labute approximate surface area is 167 Å². The van der Waals surface area contributed by atoms with Crippen LogP contribution in [0.15, 0.2) is 12.1 Å². The minimum Gasteiger partial charge on any atom is -0.490 e. The molecular weight excluding hydrogens is 362 g/mol. The van der Waals surface area contributed by atoms with Gasteiger partial charge in [0.1, 0.15) is 0 Å². The number of hydrogen-bond donors (Lipinski definition) is 1. The Bertz CT molecular complexity index is 590. The first-order valence-corrected chi connectivity index (χ1v) is 10.1. The summed E-state index contributed by atoms with van der Waals surface area (Å²) in [6, 6.07) is 3.35. The highest BCUT2D eigenvalue weighted by atomic mass is 16.5. The molecule has 7 heteroatoms. The lowest BCUT2D eigenvalue weighted by Crippen LogP contribution is -2.24. The van der Waals surface area contributed by atoms with Crippen molar-refractivity contribution in [3.63, 3.8) is 0 Å². The second kappa shape index (κ2) is 13.7. The smallest absolute Gasteiger partial charge is 0.305 e. The molecule has 0 atom stereocenters. The van der Waals surface area contributed by atoms with E-state index in [4.69, 9.17) is 18.9 Å². The van der Waals surface area contributed by atoms with Crippen LogP contribution in [-0.2, 0) is 9.53 Å². The minimum absolute atomic E-state index is 0.173. The van der Waals surface area contributed by atoms with Crippen LogP contribution in [0.2, 0.25) is 0 Å². The zero-order chi connectivity index (χ0) is 20.8. The van der Waals surface area contributed by atoms with Crippen LogP contribution in [0.25, 0.3) is 0 Å². The minimum atomic E-state index is -0.199. The molecule has 1 amide bonds. The number of amides is 1. The molecular formula is C21H33NO6. The number of rotatable bonds is 14. The largest absolute Gasteiger partial charge is 0.490 e. The van der Waals surface area contributed by atoms with Crippen LogP contribution in [0, 0.1) is 0 Å². The van der Waals surface area contributed by atoms with Crippen LogP contribution in [-0.4, -0.2) is 44.8 Å². The topological polar surface area (TPSA) is 83.1 Å². The maximum atomic E-state index is 12.5. The molecule has 158 valence electrons. The molecule has 1 aromatic rings. The maximum Gasteiger partial charge on any atom is 0.305 e. The van der Waals surface area contributed by atoms with Crippen molar-refractivity contribution in [3.8, 4) is 17.2 Å². The third-order valence-electron chi connectivity index (χ3n) is 3.82. The average Bonchev–Trinajstić information content (AvgIpc) is 2.67. The van der Waals surface area contributed by atoms with Crippen molar-refractivity contribution in [2.45, 2.75) is 53.4 Å². The van der Waals surface area contributed by atoms with E-state index in [9.17, 15) is 9.59 Å². The van der Waals surface area contributed by atoms with Gasteiger partial charge in [-0.2, -0.15) is 0 Å². The van der Waals surface area contributed by atoms with Crippen LogP contribution in [0.1, 0.15) is 63.7 Å². The van der Waals surface area contributed by atoms with E-state index in [1.807, 2.05) is 20.8 Å². The molecule has 7 nitrogen and oxygen atoms in total. The standard InChI is InChI=1S/C21H33NO6/c1-5-25-17-14-16(15-18(26-6-2)20(17)28-8-4)21(24)22-13-11-9-10-12-19(23)27-7-3/h14-15H,5-13H2,1-4H3,(H,22,24). The van der Waals surface area contributed by atoms with Gasteiger partial charge in [-0.05, 0) is 52.7 Å². The van der Waals surface area contributed by atoms with E-state index in [2.05, 4.69) is 5.32 Å². The summed E-state index contributed by atoms with van der Waals surface area (Å²) in [5.74, 6) is 1.13. The number of carbonyl (C=O) groups excluding carboxylic acids is 2. The summed E-state index contributed by atoms with van der Waals surface area (Å²) < 4.78 is 21.8. The fourth-order valence-electron chi connectivity index (χ4n) is 2.63. The van der Waals surface area contributed by atoms with Crippen LogP contribution in [0.3, 0.4) is 0 Å². The third-order valence-corrected chi connectivity index (χ3v) is 3.82. The first kappa shape index (κ1) is 23.6. The summed E-state index contributed by atoms with van der Waals surface area (Å²) in [5, 5.41) is 2.90. The van der Waals surface area contributed by atoms with E-state index >= 15 is 0 Å². The molecule has 1 N–H and O–H groups in total. The van der Waals surface area contributed by atoms with Gasteiger partial charge in [-0.25, -0.2) is 0 Å². The molecule has 1 rings (SSSR count). The highest BCUT2D eigenvalue weighted by Crippen LogP contribution is 2.39. The van der Waals surface area contributed by atoms with E-state index in [0.29, 0.717) is 62.2 Å². The van der Waals surface area contributed by atoms with Gasteiger partial charge >= 0.3 is 5.97 Å². The highest BCUT2D eigenvalue weighted by Gasteiger charge is 2.18. The zero-order valence-electron chi connectivity index (χ0n) is 17.5. The molecule has 0 radical (unpaired) electrons. The fraction of sp³-hybridized carbons (Fsp3) is 0.619. The summed E-state index contributed by atoms with van der Waals surface area (Å²) in [4.78, 5) is 23.8. The van der Waals surface area contributed by atoms with Gasteiger partial charge in [0.25, 0.3) is 5.91 Å². The van der Waals surface area contributed by atoms with Crippen LogP contribution in [0.4, 0.5) is 0 Å². The van der Waals surface area contributed by atoms with E-state index in [1.165, 1.54) is 0 Å². The molecule has 0 unspecified atom stereocenters. The quantitative estimate of drug-likeness (QED) is 0.382. The van der Waals surface area contributed by atoms with Crippen LogP contribution >= 0.6 is 0 Å². The lowest BCUT2D eigenvalue weighted by molar-refractivity contribution is -0.143. The predicted octanol–water partition coefficient (Wildman–Crippen LogP) is 3.74. The van der Waals surface area contributed by atoms with Gasteiger partial charge in [-0.3, -0.25) is 9.59 Å². The summed E-state index contributed by atoms with van der Waals surface area (Å²) in [5.41, 5.74) is 0.460. The average molecular weight is 395 g/mol. The molecule has 0 saturated heterocycles. The second-order valence-corrected chi connectivity index (χ2v) is 5.97. The Hall–Kier alpha value is -2.44. The molecule has 0 saturated carbocycles. The maximum absolute atomic E-state index is 12.5. The molecule has 0 fully saturated rings. The van der Waals surface area contributed by atoms with Gasteiger partial charge < -0.3 is 24.3 Å². The molecule has 0 aliphatic rings. The number of carbonyl (C=O) groups is 2. The van der Waals surface area contributed by atoms with E-state index in [1.54, 1.807) is 19.1 Å². The highest BCUT2D eigenvalue weighted by molar-refractivity contribution is 5.95. The van der Waals surface area contributed by atoms with E-state index in [-0.39, 0.29) is 11.9 Å². The number of ether oxygens (including phenoxy) is 4. The number of esters is 1. The molecule has 0 bridgehead atoms. The van der Waals surface area contributed by atoms with Gasteiger partial charge in [0, 0.05) is 18.5 Å². The van der Waals surface area contributed by atoms with Crippen molar-refractivity contribution >= 4 is 11.9 Å². The van der Waals surface area contributed by atoms with Gasteiger partial charge in [0.2, 0.25) is 5.75 Å². The Kier molecular flexibility index (Phi) is 11.5. The first-order chi connectivity index (χ1) is 13.6. The normalized spacial score (nSPS) is 10.3. The molecule has 0 aliphatic carbocycles. The monoisotopic (exact) mass is 395 g/mol. The second-order valence-electron chi connectivity index (χ2n) is 5.97. The third kappa shape index (κ3) is 8.06. The summed E-state index contributed by atoms with van der Waals surface area (Å²) >= 11 is 0. The van der Waals surface area contributed by atoms with Gasteiger partial charge in [-0.1, -0.05) is 6.42 Å². The Balaban J connectivity index is 2.65. The summed E-state index contributed by atoms with van der Waals surface area (Å²) in [7, 11) is 0. The van der Waals surface area contributed by atoms with Crippen LogP contribution < -0.4 is 19.5 Å². The fourth-order valence-corrected chi connectivity index (χ4v) is 2.63. The van der Waals surface area contributed by atoms with E-state index in [0.717, 1.165) is 19.3 Å². The molecule has 28 heavy (non-hydrogen) atoms. The van der Waals surface area contributed by atoms with Gasteiger partial charge in [-0.15, -0.1) is 0 Å². The molecule has 0 aliphatic heterocycles. The lowest BCUT2D eigenvalue weighted by Gasteiger charge is -2.17. The lowest BCUT2D eigenvalue weighted by atomic mass is 10.1. The summed E-state index contributed by atoms with van der Waals surface area (Å²) in [6.07, 6.45) is 2.80. The molecule has 0 heterocycles. The van der Waals surface area contributed by atoms with Crippen molar-refractivity contribution in [1.29, 1.82) is 0 Å². The van der Waals surface area contributed by atoms with Gasteiger partial charge in [0.05, 0.1) is 26.4 Å². The SMILES string of the molecule is CCOC(=O)CCCCCNC(=O)c1cc(OCC)c(OCC)c(OCC)c1. The number of nitrogens with one attached hydrogen (secondary N) is 1. The molecule has 1 aromatic carbocycles. The van der Waals surface area contributed by atoms with Crippen LogP contribution in [0.5, 0.6) is 17.2 Å². The van der Waals surface area contributed by atoms with E-state index < -0.39 is 0 Å².